The minimum atomic E-state index is -0.409. The van der Waals surface area contributed by atoms with Gasteiger partial charge in [0.2, 0.25) is 0 Å². The van der Waals surface area contributed by atoms with Crippen molar-refractivity contribution >= 4 is 28.9 Å². The van der Waals surface area contributed by atoms with Gasteiger partial charge in [0.05, 0.1) is 16.6 Å². The fourth-order valence-electron chi connectivity index (χ4n) is 2.14. The molecule has 4 nitrogen and oxygen atoms in total. The Kier molecular flexibility index (Phi) is 4.43. The van der Waals surface area contributed by atoms with Crippen LogP contribution >= 0.6 is 23.2 Å². The molecular weight excluding hydrogens is 277 g/mol. The molecule has 0 saturated carbocycles. The van der Waals surface area contributed by atoms with Crippen LogP contribution in [0.3, 0.4) is 0 Å². The van der Waals surface area contributed by atoms with E-state index in [-0.39, 0.29) is 17.0 Å². The summed E-state index contributed by atoms with van der Waals surface area (Å²) in [5.74, 6) is 0.0685. The number of rotatable bonds is 3. The third kappa shape index (κ3) is 2.94. The Morgan fingerprint density at radius 2 is 2.28 bits per heavy atom. The van der Waals surface area contributed by atoms with Gasteiger partial charge in [-0.25, -0.2) is 0 Å². The molecular formula is C12H13Cl2NO3. The summed E-state index contributed by atoms with van der Waals surface area (Å²) in [7, 11) is 0. The number of halogens is 2. The zero-order valence-electron chi connectivity index (χ0n) is 9.64. The Bertz CT molecular complexity index is 453. The van der Waals surface area contributed by atoms with Gasteiger partial charge in [0.1, 0.15) is 0 Å². The maximum atomic E-state index is 11.0. The Morgan fingerprint density at radius 3 is 2.94 bits per heavy atom. The molecule has 2 unspecified atom stereocenters. The van der Waals surface area contributed by atoms with Gasteiger partial charge in [-0.1, -0.05) is 17.7 Å². The summed E-state index contributed by atoms with van der Waals surface area (Å²) in [6.07, 6.45) is 1.24. The standard InChI is InChI=1S/C12H13Cl2NO3/c13-10-4-5-18-7-8(10)6-9-11(14)2-1-3-12(9)15(16)17/h1-3,8,10H,4-7H2. The summed E-state index contributed by atoms with van der Waals surface area (Å²) < 4.78 is 5.37. The molecule has 0 aliphatic carbocycles. The maximum absolute atomic E-state index is 11.0. The van der Waals surface area contributed by atoms with E-state index in [1.54, 1.807) is 12.1 Å². The summed E-state index contributed by atoms with van der Waals surface area (Å²) in [6, 6.07) is 4.71. The molecule has 0 bridgehead atoms. The van der Waals surface area contributed by atoms with Crippen molar-refractivity contribution in [2.45, 2.75) is 18.2 Å². The Labute approximate surface area is 115 Å². The number of nitro benzene ring substituents is 1. The number of ether oxygens (including phenoxy) is 1. The van der Waals surface area contributed by atoms with E-state index >= 15 is 0 Å². The summed E-state index contributed by atoms with van der Waals surface area (Å²) in [5, 5.41) is 11.4. The van der Waals surface area contributed by atoms with Crippen LogP contribution in [-0.2, 0) is 11.2 Å². The van der Waals surface area contributed by atoms with E-state index in [0.717, 1.165) is 6.42 Å². The molecule has 1 aliphatic rings. The van der Waals surface area contributed by atoms with Crippen LogP contribution < -0.4 is 0 Å². The monoisotopic (exact) mass is 289 g/mol. The summed E-state index contributed by atoms with van der Waals surface area (Å²) in [4.78, 5) is 10.6. The van der Waals surface area contributed by atoms with Crippen LogP contribution in [-0.4, -0.2) is 23.5 Å². The van der Waals surface area contributed by atoms with Crippen molar-refractivity contribution in [3.05, 3.63) is 38.9 Å². The number of benzene rings is 1. The fourth-order valence-corrected chi connectivity index (χ4v) is 2.64. The average molecular weight is 290 g/mol. The van der Waals surface area contributed by atoms with Gasteiger partial charge in [0, 0.05) is 29.5 Å². The topological polar surface area (TPSA) is 52.4 Å². The molecule has 2 atom stereocenters. The molecule has 0 amide bonds. The second-order valence-corrected chi connectivity index (χ2v) is 5.31. The molecule has 1 heterocycles. The van der Waals surface area contributed by atoms with Crippen molar-refractivity contribution in [3.63, 3.8) is 0 Å². The molecule has 1 fully saturated rings. The molecule has 0 radical (unpaired) electrons. The second kappa shape index (κ2) is 5.87. The molecule has 1 saturated heterocycles. The van der Waals surface area contributed by atoms with E-state index in [1.807, 2.05) is 0 Å². The normalized spacial score (nSPS) is 23.9. The van der Waals surface area contributed by atoms with E-state index in [0.29, 0.717) is 30.2 Å². The third-order valence-electron chi connectivity index (χ3n) is 3.14. The lowest BCUT2D eigenvalue weighted by Gasteiger charge is -2.27. The van der Waals surface area contributed by atoms with E-state index in [1.165, 1.54) is 6.07 Å². The van der Waals surface area contributed by atoms with Gasteiger partial charge >= 0.3 is 0 Å². The largest absolute Gasteiger partial charge is 0.381 e. The number of alkyl halides is 1. The highest BCUT2D eigenvalue weighted by Gasteiger charge is 2.28. The first-order chi connectivity index (χ1) is 8.59. The zero-order chi connectivity index (χ0) is 13.1. The molecule has 98 valence electrons. The van der Waals surface area contributed by atoms with Gasteiger partial charge < -0.3 is 4.74 Å². The number of hydrogen-bond acceptors (Lipinski definition) is 3. The molecule has 0 N–H and O–H groups in total. The van der Waals surface area contributed by atoms with Gasteiger partial charge in [-0.05, 0) is 18.9 Å². The van der Waals surface area contributed by atoms with Gasteiger partial charge in [-0.15, -0.1) is 11.6 Å². The van der Waals surface area contributed by atoms with Crippen molar-refractivity contribution in [2.24, 2.45) is 5.92 Å². The molecule has 1 aromatic carbocycles. The lowest BCUT2D eigenvalue weighted by molar-refractivity contribution is -0.385. The molecule has 1 aromatic rings. The Hall–Kier alpha value is -0.840. The maximum Gasteiger partial charge on any atom is 0.274 e. The first-order valence-corrected chi connectivity index (χ1v) is 6.54. The summed E-state index contributed by atoms with van der Waals surface area (Å²) >= 11 is 12.3. The molecule has 2 rings (SSSR count). The molecule has 6 heteroatoms. The highest BCUT2D eigenvalue weighted by molar-refractivity contribution is 6.31. The van der Waals surface area contributed by atoms with E-state index in [4.69, 9.17) is 27.9 Å². The van der Waals surface area contributed by atoms with Gasteiger partial charge in [0.25, 0.3) is 5.69 Å². The quantitative estimate of drug-likeness (QED) is 0.487. The number of nitro groups is 1. The first kappa shape index (κ1) is 13.6. The van der Waals surface area contributed by atoms with Crippen LogP contribution in [0.5, 0.6) is 0 Å². The van der Waals surface area contributed by atoms with Gasteiger partial charge in [0.15, 0.2) is 0 Å². The van der Waals surface area contributed by atoms with E-state index in [2.05, 4.69) is 0 Å². The lowest BCUT2D eigenvalue weighted by Crippen LogP contribution is -2.30. The van der Waals surface area contributed by atoms with Gasteiger partial charge in [-0.2, -0.15) is 0 Å². The van der Waals surface area contributed by atoms with Crippen LogP contribution in [0.4, 0.5) is 5.69 Å². The predicted octanol–water partition coefficient (Wildman–Crippen LogP) is 3.43. The molecule has 0 spiro atoms. The SMILES string of the molecule is O=[N+]([O-])c1cccc(Cl)c1CC1COCCC1Cl. The fraction of sp³-hybridized carbons (Fsp3) is 0.500. The van der Waals surface area contributed by atoms with Crippen molar-refractivity contribution in [1.82, 2.24) is 0 Å². The minimum Gasteiger partial charge on any atom is -0.381 e. The predicted molar refractivity (Wildman–Crippen MR) is 70.4 cm³/mol. The smallest absolute Gasteiger partial charge is 0.274 e. The van der Waals surface area contributed by atoms with Crippen LogP contribution in [0.1, 0.15) is 12.0 Å². The number of hydrogen-bond donors (Lipinski definition) is 0. The van der Waals surface area contributed by atoms with Crippen molar-refractivity contribution in [3.8, 4) is 0 Å². The molecule has 1 aliphatic heterocycles. The van der Waals surface area contributed by atoms with E-state index in [9.17, 15) is 10.1 Å². The first-order valence-electron chi connectivity index (χ1n) is 5.73. The lowest BCUT2D eigenvalue weighted by atomic mass is 9.93. The second-order valence-electron chi connectivity index (χ2n) is 4.34. The van der Waals surface area contributed by atoms with Crippen LogP contribution in [0.25, 0.3) is 0 Å². The van der Waals surface area contributed by atoms with Crippen LogP contribution in [0, 0.1) is 16.0 Å². The van der Waals surface area contributed by atoms with Crippen molar-refractivity contribution < 1.29 is 9.66 Å². The van der Waals surface area contributed by atoms with Crippen LogP contribution in [0.2, 0.25) is 5.02 Å². The summed E-state index contributed by atoms with van der Waals surface area (Å²) in [6.45, 7) is 1.17. The Balaban J connectivity index is 2.24. The zero-order valence-corrected chi connectivity index (χ0v) is 11.2. The third-order valence-corrected chi connectivity index (χ3v) is 4.07. The highest BCUT2D eigenvalue weighted by atomic mass is 35.5. The summed E-state index contributed by atoms with van der Waals surface area (Å²) in [5.41, 5.74) is 0.599. The van der Waals surface area contributed by atoms with Crippen molar-refractivity contribution in [2.75, 3.05) is 13.2 Å². The number of nitrogens with zero attached hydrogens (tertiary/aromatic N) is 1. The van der Waals surface area contributed by atoms with E-state index < -0.39 is 4.92 Å². The molecule has 18 heavy (non-hydrogen) atoms. The van der Waals surface area contributed by atoms with Crippen LogP contribution in [0.15, 0.2) is 18.2 Å². The Morgan fingerprint density at radius 1 is 1.50 bits per heavy atom. The highest BCUT2D eigenvalue weighted by Crippen LogP contribution is 2.32. The average Bonchev–Trinajstić information content (AvgIpc) is 2.34. The van der Waals surface area contributed by atoms with Crippen molar-refractivity contribution in [1.29, 1.82) is 0 Å². The van der Waals surface area contributed by atoms with Gasteiger partial charge in [-0.3, -0.25) is 10.1 Å². The molecule has 0 aromatic heterocycles. The minimum absolute atomic E-state index is 0.0189.